The lowest BCUT2D eigenvalue weighted by molar-refractivity contribution is -0.140. The highest BCUT2D eigenvalue weighted by molar-refractivity contribution is 7.99. The van der Waals surface area contributed by atoms with Crippen LogP contribution in [0.15, 0.2) is 0 Å². The van der Waals surface area contributed by atoms with Gasteiger partial charge >= 0.3 is 5.97 Å². The number of thioether (sulfide) groups is 1. The van der Waals surface area contributed by atoms with Gasteiger partial charge in [0.25, 0.3) is 0 Å². The third-order valence-corrected chi connectivity index (χ3v) is 5.02. The zero-order valence-corrected chi connectivity index (χ0v) is 19.6. The molecule has 0 fully saturated rings. The molecule has 0 aliphatic heterocycles. The van der Waals surface area contributed by atoms with Crippen LogP contribution in [0.3, 0.4) is 0 Å². The molecule has 0 aromatic carbocycles. The number of carbonyl (C=O) groups is 4. The summed E-state index contributed by atoms with van der Waals surface area (Å²) in [6.45, 7) is 4.91. The SMILES string of the molecule is CONCCNC(=O)CCN(CCSCCC(=O)OC)CCC(=O)NCCNC(C)=O. The van der Waals surface area contributed by atoms with Crippen LogP contribution in [0.5, 0.6) is 0 Å². The van der Waals surface area contributed by atoms with Gasteiger partial charge in [0, 0.05) is 77.1 Å². The number of hydrogen-bond donors (Lipinski definition) is 4. The number of methoxy groups -OCH3 is 1. The summed E-state index contributed by atoms with van der Waals surface area (Å²) >= 11 is 1.63. The molecule has 0 radical (unpaired) electrons. The molecule has 0 unspecified atom stereocenters. The van der Waals surface area contributed by atoms with Gasteiger partial charge in [-0.2, -0.15) is 11.8 Å². The predicted molar refractivity (Wildman–Crippen MR) is 119 cm³/mol. The molecule has 11 nitrogen and oxygen atoms in total. The maximum Gasteiger partial charge on any atom is 0.306 e. The zero-order chi connectivity index (χ0) is 23.3. The van der Waals surface area contributed by atoms with Crippen molar-refractivity contribution in [1.29, 1.82) is 0 Å². The number of nitrogens with one attached hydrogen (secondary N) is 4. The standard InChI is InChI=1S/C19H37N5O6S/c1-16(25)20-7-8-21-17(26)4-11-24(13-15-31-14-6-19(28)29-2)12-5-18(27)22-9-10-23-30-3/h23H,4-15H2,1-3H3,(H,20,25)(H,21,26)(H,22,27). The van der Waals surface area contributed by atoms with Crippen LogP contribution in [0, 0.1) is 0 Å². The molecule has 4 N–H and O–H groups in total. The Balaban J connectivity index is 4.28. The predicted octanol–water partition coefficient (Wildman–Crippen LogP) is -1.12. The number of esters is 1. The molecule has 0 aromatic rings. The lowest BCUT2D eigenvalue weighted by atomic mass is 10.3. The van der Waals surface area contributed by atoms with Crippen LogP contribution < -0.4 is 21.4 Å². The minimum Gasteiger partial charge on any atom is -0.469 e. The molecule has 0 aliphatic rings. The Morgan fingerprint density at radius 2 is 1.35 bits per heavy atom. The lowest BCUT2D eigenvalue weighted by Crippen LogP contribution is -2.38. The molecule has 0 aliphatic carbocycles. The van der Waals surface area contributed by atoms with E-state index in [1.807, 2.05) is 0 Å². The summed E-state index contributed by atoms with van der Waals surface area (Å²) in [5.74, 6) is 0.892. The first-order valence-electron chi connectivity index (χ1n) is 10.3. The molecule has 0 saturated carbocycles. The van der Waals surface area contributed by atoms with Crippen LogP contribution in [0.1, 0.15) is 26.2 Å². The maximum absolute atomic E-state index is 12.0. The maximum atomic E-state index is 12.0. The molecule has 0 rings (SSSR count). The van der Waals surface area contributed by atoms with Crippen molar-refractivity contribution in [3.8, 4) is 0 Å². The minimum absolute atomic E-state index is 0.0685. The van der Waals surface area contributed by atoms with Gasteiger partial charge in [-0.05, 0) is 0 Å². The van der Waals surface area contributed by atoms with Crippen molar-refractivity contribution in [2.75, 3.05) is 71.5 Å². The second-order valence-electron chi connectivity index (χ2n) is 6.56. The molecule has 0 spiro atoms. The fraction of sp³-hybridized carbons (Fsp3) is 0.789. The van der Waals surface area contributed by atoms with Crippen LogP contribution in [-0.4, -0.2) is 100 Å². The van der Waals surface area contributed by atoms with E-state index in [0.29, 0.717) is 70.8 Å². The summed E-state index contributed by atoms with van der Waals surface area (Å²) in [5, 5.41) is 8.18. The van der Waals surface area contributed by atoms with Crippen LogP contribution in [0.2, 0.25) is 0 Å². The van der Waals surface area contributed by atoms with Crippen molar-refractivity contribution in [1.82, 2.24) is 26.3 Å². The zero-order valence-electron chi connectivity index (χ0n) is 18.8. The number of hydrogen-bond acceptors (Lipinski definition) is 9. The first-order chi connectivity index (χ1) is 14.9. The van der Waals surface area contributed by atoms with E-state index in [1.165, 1.54) is 21.1 Å². The first-order valence-corrected chi connectivity index (χ1v) is 11.4. The average molecular weight is 464 g/mol. The van der Waals surface area contributed by atoms with E-state index in [4.69, 9.17) is 4.84 Å². The number of nitrogens with zero attached hydrogens (tertiary/aromatic N) is 1. The lowest BCUT2D eigenvalue weighted by Gasteiger charge is -2.22. The van der Waals surface area contributed by atoms with Crippen molar-refractivity contribution in [2.45, 2.75) is 26.2 Å². The van der Waals surface area contributed by atoms with Gasteiger partial charge in [0.1, 0.15) is 0 Å². The van der Waals surface area contributed by atoms with Gasteiger partial charge in [-0.25, -0.2) is 5.48 Å². The Kier molecular flexibility index (Phi) is 18.8. The van der Waals surface area contributed by atoms with Gasteiger partial charge in [0.2, 0.25) is 17.7 Å². The molecular weight excluding hydrogens is 426 g/mol. The van der Waals surface area contributed by atoms with Crippen LogP contribution in [0.25, 0.3) is 0 Å². The van der Waals surface area contributed by atoms with Gasteiger partial charge < -0.3 is 30.4 Å². The van der Waals surface area contributed by atoms with Crippen molar-refractivity contribution in [2.24, 2.45) is 0 Å². The molecule has 0 heterocycles. The molecule has 0 aromatic heterocycles. The molecule has 12 heteroatoms. The number of carbonyl (C=O) groups excluding carboxylic acids is 4. The highest BCUT2D eigenvalue weighted by atomic mass is 32.2. The van der Waals surface area contributed by atoms with Crippen molar-refractivity contribution in [3.05, 3.63) is 0 Å². The quantitative estimate of drug-likeness (QED) is 0.107. The summed E-state index contributed by atoms with van der Waals surface area (Å²) < 4.78 is 4.62. The van der Waals surface area contributed by atoms with Crippen LogP contribution in [0.4, 0.5) is 0 Å². The second kappa shape index (κ2) is 20.0. The summed E-state index contributed by atoms with van der Waals surface area (Å²) in [6.07, 6.45) is 0.978. The molecule has 0 bridgehead atoms. The molecule has 0 saturated heterocycles. The van der Waals surface area contributed by atoms with Crippen LogP contribution >= 0.6 is 11.8 Å². The van der Waals surface area contributed by atoms with Gasteiger partial charge in [0.05, 0.1) is 20.6 Å². The van der Waals surface area contributed by atoms with E-state index in [-0.39, 0.29) is 23.7 Å². The van der Waals surface area contributed by atoms with Crippen molar-refractivity contribution < 1.29 is 28.8 Å². The fourth-order valence-electron chi connectivity index (χ4n) is 2.38. The Labute approximate surface area is 188 Å². The largest absolute Gasteiger partial charge is 0.469 e. The number of amides is 3. The number of hydroxylamine groups is 1. The summed E-state index contributed by atoms with van der Waals surface area (Å²) in [4.78, 5) is 52.8. The average Bonchev–Trinajstić information content (AvgIpc) is 2.74. The van der Waals surface area contributed by atoms with E-state index >= 15 is 0 Å². The highest BCUT2D eigenvalue weighted by Crippen LogP contribution is 2.05. The van der Waals surface area contributed by atoms with E-state index in [1.54, 1.807) is 11.8 Å². The van der Waals surface area contributed by atoms with E-state index in [2.05, 4.69) is 31.1 Å². The fourth-order valence-corrected chi connectivity index (χ4v) is 3.28. The Morgan fingerprint density at radius 1 is 0.774 bits per heavy atom. The molecule has 3 amide bonds. The minimum atomic E-state index is -0.236. The molecule has 0 atom stereocenters. The van der Waals surface area contributed by atoms with E-state index < -0.39 is 0 Å². The normalized spacial score (nSPS) is 10.6. The van der Waals surface area contributed by atoms with Crippen LogP contribution in [-0.2, 0) is 28.8 Å². The topological polar surface area (TPSA) is 138 Å². The Bertz CT molecular complexity index is 538. The highest BCUT2D eigenvalue weighted by Gasteiger charge is 2.11. The smallest absolute Gasteiger partial charge is 0.306 e. The second-order valence-corrected chi connectivity index (χ2v) is 7.79. The van der Waals surface area contributed by atoms with Gasteiger partial charge in [-0.15, -0.1) is 0 Å². The Hall–Kier alpha value is -1.89. The van der Waals surface area contributed by atoms with Crippen molar-refractivity contribution in [3.63, 3.8) is 0 Å². The third kappa shape index (κ3) is 19.8. The number of rotatable bonds is 19. The molecule has 31 heavy (non-hydrogen) atoms. The monoisotopic (exact) mass is 463 g/mol. The van der Waals surface area contributed by atoms with Gasteiger partial charge in [-0.1, -0.05) is 0 Å². The molecular formula is C19H37N5O6S. The van der Waals surface area contributed by atoms with E-state index in [9.17, 15) is 19.2 Å². The molecule has 180 valence electrons. The summed E-state index contributed by atoms with van der Waals surface area (Å²) in [5.41, 5.74) is 2.65. The Morgan fingerprint density at radius 3 is 1.90 bits per heavy atom. The summed E-state index contributed by atoms with van der Waals surface area (Å²) in [7, 11) is 2.88. The third-order valence-electron chi connectivity index (χ3n) is 4.05. The van der Waals surface area contributed by atoms with Gasteiger partial charge in [0.15, 0.2) is 0 Å². The number of ether oxygens (including phenoxy) is 1. The van der Waals surface area contributed by atoms with E-state index in [0.717, 1.165) is 5.75 Å². The summed E-state index contributed by atoms with van der Waals surface area (Å²) in [6, 6.07) is 0. The van der Waals surface area contributed by atoms with Crippen molar-refractivity contribution >= 4 is 35.5 Å². The van der Waals surface area contributed by atoms with Gasteiger partial charge in [-0.3, -0.25) is 19.2 Å². The first kappa shape index (κ1) is 29.1.